The molecule has 112 valence electrons. The van der Waals surface area contributed by atoms with Crippen LogP contribution in [-0.4, -0.2) is 31.1 Å². The van der Waals surface area contributed by atoms with E-state index in [0.717, 1.165) is 39.0 Å². The lowest BCUT2D eigenvalue weighted by atomic mass is 9.94. The fourth-order valence-electron chi connectivity index (χ4n) is 2.85. The van der Waals surface area contributed by atoms with Crippen molar-refractivity contribution in [2.24, 2.45) is 0 Å². The third-order valence-electron chi connectivity index (χ3n) is 3.78. The molecule has 0 aliphatic carbocycles. The fraction of sp³-hybridized carbons (Fsp3) is 0.600. The second-order valence-corrected chi connectivity index (χ2v) is 5.18. The Labute approximate surface area is 118 Å². The summed E-state index contributed by atoms with van der Waals surface area (Å²) < 4.78 is 39.6. The van der Waals surface area contributed by atoms with E-state index in [1.807, 2.05) is 6.92 Å². The van der Waals surface area contributed by atoms with Gasteiger partial charge in [-0.25, -0.2) is 0 Å². The third-order valence-corrected chi connectivity index (χ3v) is 3.78. The van der Waals surface area contributed by atoms with Crippen molar-refractivity contribution in [3.05, 3.63) is 35.4 Å². The van der Waals surface area contributed by atoms with E-state index in [9.17, 15) is 13.2 Å². The number of halogens is 3. The van der Waals surface area contributed by atoms with Gasteiger partial charge in [-0.1, -0.05) is 31.5 Å². The predicted octanol–water partition coefficient (Wildman–Crippen LogP) is 3.45. The monoisotopic (exact) mass is 286 g/mol. The first kappa shape index (κ1) is 15.3. The van der Waals surface area contributed by atoms with Gasteiger partial charge in [-0.05, 0) is 18.1 Å². The molecule has 0 aromatic heterocycles. The molecule has 1 atom stereocenters. The van der Waals surface area contributed by atoms with E-state index in [1.54, 1.807) is 12.1 Å². The topological polar surface area (TPSA) is 15.3 Å². The Hall–Kier alpha value is -1.07. The summed E-state index contributed by atoms with van der Waals surface area (Å²) in [6, 6.07) is 5.85. The van der Waals surface area contributed by atoms with Gasteiger partial charge in [0.2, 0.25) is 0 Å². The Morgan fingerprint density at radius 3 is 2.45 bits per heavy atom. The Morgan fingerprint density at radius 2 is 1.85 bits per heavy atom. The highest BCUT2D eigenvalue weighted by molar-refractivity contribution is 5.32. The smallest absolute Gasteiger partial charge is 0.314 e. The second-order valence-electron chi connectivity index (χ2n) is 5.18. The molecule has 20 heavy (non-hydrogen) atoms. The molecule has 1 aliphatic rings. The number of piperazine rings is 1. The molecule has 0 saturated carbocycles. The van der Waals surface area contributed by atoms with E-state index in [0.29, 0.717) is 5.56 Å². The van der Waals surface area contributed by atoms with Gasteiger partial charge in [0, 0.05) is 32.2 Å². The normalized spacial score (nSPS) is 19.0. The van der Waals surface area contributed by atoms with Crippen LogP contribution < -0.4 is 5.32 Å². The Balaban J connectivity index is 2.33. The van der Waals surface area contributed by atoms with Gasteiger partial charge in [0.05, 0.1) is 5.56 Å². The van der Waals surface area contributed by atoms with Crippen molar-refractivity contribution in [2.45, 2.75) is 32.0 Å². The highest BCUT2D eigenvalue weighted by Crippen LogP contribution is 2.37. The predicted molar refractivity (Wildman–Crippen MR) is 73.5 cm³/mol. The highest BCUT2D eigenvalue weighted by atomic mass is 19.4. The summed E-state index contributed by atoms with van der Waals surface area (Å²) in [5, 5.41) is 3.24. The molecule has 1 heterocycles. The van der Waals surface area contributed by atoms with Crippen molar-refractivity contribution in [3.8, 4) is 0 Å². The summed E-state index contributed by atoms with van der Waals surface area (Å²) in [4.78, 5) is 2.17. The molecule has 0 spiro atoms. The average molecular weight is 286 g/mol. The molecule has 0 unspecified atom stereocenters. The van der Waals surface area contributed by atoms with Crippen LogP contribution in [-0.2, 0) is 6.18 Å². The van der Waals surface area contributed by atoms with Crippen molar-refractivity contribution in [2.75, 3.05) is 26.2 Å². The molecule has 1 aliphatic heterocycles. The van der Waals surface area contributed by atoms with Crippen LogP contribution in [0.2, 0.25) is 0 Å². The number of alkyl halides is 3. The van der Waals surface area contributed by atoms with E-state index < -0.39 is 11.7 Å². The van der Waals surface area contributed by atoms with Gasteiger partial charge >= 0.3 is 6.18 Å². The molecule has 1 aromatic carbocycles. The Bertz CT molecular complexity index is 425. The van der Waals surface area contributed by atoms with Crippen LogP contribution in [0.15, 0.2) is 24.3 Å². The van der Waals surface area contributed by atoms with Gasteiger partial charge in [-0.3, -0.25) is 4.90 Å². The zero-order valence-corrected chi connectivity index (χ0v) is 11.7. The van der Waals surface area contributed by atoms with Crippen LogP contribution in [0.5, 0.6) is 0 Å². The Morgan fingerprint density at radius 1 is 1.20 bits per heavy atom. The standard InChI is InChI=1S/C15H21F3N2/c1-2-5-14(20-10-8-19-9-11-20)12-6-3-4-7-13(12)15(16,17)18/h3-4,6-7,14,19H,2,5,8-11H2,1H3/t14-/m0/s1. The van der Waals surface area contributed by atoms with E-state index in [1.165, 1.54) is 12.1 Å². The number of hydrogen-bond acceptors (Lipinski definition) is 2. The van der Waals surface area contributed by atoms with Gasteiger partial charge in [-0.15, -0.1) is 0 Å². The molecule has 0 radical (unpaired) electrons. The number of hydrogen-bond donors (Lipinski definition) is 1. The second kappa shape index (κ2) is 6.59. The first-order chi connectivity index (χ1) is 9.54. The van der Waals surface area contributed by atoms with E-state index in [-0.39, 0.29) is 6.04 Å². The zero-order chi connectivity index (χ0) is 14.6. The lowest BCUT2D eigenvalue weighted by Crippen LogP contribution is -2.45. The molecule has 2 rings (SSSR count). The largest absolute Gasteiger partial charge is 0.416 e. The van der Waals surface area contributed by atoms with Crippen LogP contribution in [0.1, 0.15) is 36.9 Å². The van der Waals surface area contributed by atoms with E-state index in [4.69, 9.17) is 0 Å². The summed E-state index contributed by atoms with van der Waals surface area (Å²) >= 11 is 0. The summed E-state index contributed by atoms with van der Waals surface area (Å²) in [6.45, 7) is 5.31. The van der Waals surface area contributed by atoms with Gasteiger partial charge in [0.1, 0.15) is 0 Å². The number of nitrogens with one attached hydrogen (secondary N) is 1. The number of benzene rings is 1. The van der Waals surface area contributed by atoms with Crippen LogP contribution >= 0.6 is 0 Å². The van der Waals surface area contributed by atoms with Crippen molar-refractivity contribution >= 4 is 0 Å². The minimum Gasteiger partial charge on any atom is -0.314 e. The molecular formula is C15H21F3N2. The van der Waals surface area contributed by atoms with Crippen LogP contribution in [0.4, 0.5) is 13.2 Å². The van der Waals surface area contributed by atoms with Crippen LogP contribution in [0.3, 0.4) is 0 Å². The maximum Gasteiger partial charge on any atom is 0.416 e. The molecule has 1 saturated heterocycles. The molecular weight excluding hydrogens is 265 g/mol. The molecule has 5 heteroatoms. The van der Waals surface area contributed by atoms with Crippen molar-refractivity contribution in [3.63, 3.8) is 0 Å². The maximum absolute atomic E-state index is 13.2. The lowest BCUT2D eigenvalue weighted by Gasteiger charge is -2.36. The lowest BCUT2D eigenvalue weighted by molar-refractivity contribution is -0.138. The molecule has 1 fully saturated rings. The summed E-state index contributed by atoms with van der Waals surface area (Å²) in [5.41, 5.74) is -0.0688. The van der Waals surface area contributed by atoms with E-state index >= 15 is 0 Å². The van der Waals surface area contributed by atoms with Gasteiger partial charge in [0.25, 0.3) is 0 Å². The molecule has 1 N–H and O–H groups in total. The van der Waals surface area contributed by atoms with E-state index in [2.05, 4.69) is 10.2 Å². The SMILES string of the molecule is CCC[C@@H](c1ccccc1C(F)(F)F)N1CCNCC1. The quantitative estimate of drug-likeness (QED) is 0.912. The molecule has 1 aromatic rings. The summed E-state index contributed by atoms with van der Waals surface area (Å²) in [5.74, 6) is 0. The van der Waals surface area contributed by atoms with Gasteiger partial charge in [-0.2, -0.15) is 13.2 Å². The van der Waals surface area contributed by atoms with Gasteiger partial charge < -0.3 is 5.32 Å². The average Bonchev–Trinajstić information content (AvgIpc) is 2.45. The first-order valence-corrected chi connectivity index (χ1v) is 7.15. The van der Waals surface area contributed by atoms with Crippen molar-refractivity contribution < 1.29 is 13.2 Å². The fourth-order valence-corrected chi connectivity index (χ4v) is 2.85. The zero-order valence-electron chi connectivity index (χ0n) is 11.7. The minimum absolute atomic E-state index is 0.139. The van der Waals surface area contributed by atoms with Crippen LogP contribution in [0.25, 0.3) is 0 Å². The van der Waals surface area contributed by atoms with Crippen molar-refractivity contribution in [1.82, 2.24) is 10.2 Å². The first-order valence-electron chi connectivity index (χ1n) is 7.15. The molecule has 2 nitrogen and oxygen atoms in total. The summed E-state index contributed by atoms with van der Waals surface area (Å²) in [7, 11) is 0. The number of nitrogens with zero attached hydrogens (tertiary/aromatic N) is 1. The molecule has 0 bridgehead atoms. The Kier molecular flexibility index (Phi) is 5.05. The minimum atomic E-state index is -4.28. The maximum atomic E-state index is 13.2. The highest BCUT2D eigenvalue weighted by Gasteiger charge is 2.36. The van der Waals surface area contributed by atoms with Crippen LogP contribution in [0, 0.1) is 0 Å². The molecule has 0 amide bonds. The van der Waals surface area contributed by atoms with Gasteiger partial charge in [0.15, 0.2) is 0 Å². The summed E-state index contributed by atoms with van der Waals surface area (Å²) in [6.07, 6.45) is -2.65. The third kappa shape index (κ3) is 3.52. The van der Waals surface area contributed by atoms with Crippen molar-refractivity contribution in [1.29, 1.82) is 0 Å². The number of rotatable bonds is 4.